The highest BCUT2D eigenvalue weighted by Gasteiger charge is 2.64. The van der Waals surface area contributed by atoms with Gasteiger partial charge in [0, 0.05) is 23.8 Å². The van der Waals surface area contributed by atoms with Crippen molar-refractivity contribution in [3.05, 3.63) is 36.4 Å². The molecule has 16 nitrogen and oxygen atoms in total. The molecule has 4 fully saturated rings. The third kappa shape index (κ3) is 10.6. The average molecular weight is 910 g/mol. The number of benzene rings is 1. The second-order valence-electron chi connectivity index (χ2n) is 17.6. The van der Waals surface area contributed by atoms with E-state index in [1.807, 2.05) is 19.1 Å². The molecule has 1 unspecified atom stereocenters. The molecule has 4 aliphatic rings. The van der Waals surface area contributed by atoms with Crippen LogP contribution in [0.3, 0.4) is 0 Å². The van der Waals surface area contributed by atoms with Crippen LogP contribution in [0.1, 0.15) is 85.0 Å². The van der Waals surface area contributed by atoms with Gasteiger partial charge >= 0.3 is 12.3 Å². The third-order valence-electron chi connectivity index (χ3n) is 13.0. The minimum absolute atomic E-state index is 0.0401. The number of rotatable bonds is 19. The summed E-state index contributed by atoms with van der Waals surface area (Å²) in [6, 6.07) is 4.29. The lowest BCUT2D eigenvalue weighted by Gasteiger charge is -2.41. The summed E-state index contributed by atoms with van der Waals surface area (Å²) in [6.07, 6.45) is 1.62. The van der Waals surface area contributed by atoms with Crippen LogP contribution in [-0.2, 0) is 33.9 Å². The zero-order valence-corrected chi connectivity index (χ0v) is 37.0. The van der Waals surface area contributed by atoms with E-state index in [0.717, 1.165) is 12.8 Å². The van der Waals surface area contributed by atoms with E-state index in [-0.39, 0.29) is 36.6 Å². The molecule has 2 aliphatic carbocycles. The van der Waals surface area contributed by atoms with Crippen molar-refractivity contribution in [3.8, 4) is 17.5 Å². The first-order valence-corrected chi connectivity index (χ1v) is 22.9. The van der Waals surface area contributed by atoms with Crippen LogP contribution in [0.2, 0.25) is 0 Å². The van der Waals surface area contributed by atoms with Crippen molar-refractivity contribution < 1.29 is 64.5 Å². The molecule has 63 heavy (non-hydrogen) atoms. The number of halogens is 3. The molecular formula is C43H58F3N5O11S. The number of nitrogens with two attached hydrogens (primary N) is 1. The maximum absolute atomic E-state index is 14.7. The van der Waals surface area contributed by atoms with Gasteiger partial charge in [-0.3, -0.25) is 19.1 Å². The van der Waals surface area contributed by atoms with E-state index >= 15 is 0 Å². The standard InChI is InChI=1S/C43H58F3N5O11S/c1-6-26(18-25(2)10-7-8-11-27-12-9-13-31(27)37(53)50-63(56,57)41(3)16-17-41)35(49-40(55)62-42(23-60-24-42)43(44,45)46)39(54)51-22-30(21-33(51)36(47)52)61-38-32-15-14-29(58-4)19-28(32)20-34(48-38)59-5/h8,11,14-15,19-20,25-27,30-31,33,35H,6-7,9-10,12-13,16-18,21-24H2,1-5H3,(H2,47,52)(H,49,55)(H,50,53)/b11-8-/t25-,26+,27+,30+,31?,33-,35-/m0/s1. The molecule has 4 N–H and O–H groups in total. The molecule has 3 heterocycles. The first-order chi connectivity index (χ1) is 29.7. The molecule has 0 spiro atoms. The number of nitrogens with one attached hydrogen (secondary N) is 2. The maximum atomic E-state index is 14.7. The zero-order valence-electron chi connectivity index (χ0n) is 36.2. The number of amides is 4. The Kier molecular flexibility index (Phi) is 14.4. The van der Waals surface area contributed by atoms with Gasteiger partial charge in [0.05, 0.1) is 38.7 Å². The van der Waals surface area contributed by atoms with Crippen LogP contribution in [0.15, 0.2) is 36.4 Å². The Balaban J connectivity index is 1.16. The van der Waals surface area contributed by atoms with Crippen molar-refractivity contribution in [2.75, 3.05) is 34.0 Å². The molecule has 4 amide bonds. The molecule has 1 aromatic carbocycles. The Labute approximate surface area is 365 Å². The van der Waals surface area contributed by atoms with Crippen molar-refractivity contribution in [1.82, 2.24) is 19.9 Å². The molecule has 20 heteroatoms. The van der Waals surface area contributed by atoms with Gasteiger partial charge in [0.2, 0.25) is 39.5 Å². The van der Waals surface area contributed by atoms with Crippen LogP contribution in [0.25, 0.3) is 10.8 Å². The van der Waals surface area contributed by atoms with Crippen molar-refractivity contribution in [1.29, 1.82) is 0 Å². The number of sulfonamides is 1. The van der Waals surface area contributed by atoms with E-state index in [4.69, 9.17) is 29.4 Å². The average Bonchev–Trinajstić information content (AvgIpc) is 3.59. The lowest BCUT2D eigenvalue weighted by molar-refractivity contribution is -0.331. The van der Waals surface area contributed by atoms with E-state index in [9.17, 15) is 40.8 Å². The number of alkyl halides is 3. The minimum Gasteiger partial charge on any atom is -0.497 e. The monoisotopic (exact) mass is 909 g/mol. The summed E-state index contributed by atoms with van der Waals surface area (Å²) in [6.45, 7) is 3.39. The number of methoxy groups -OCH3 is 2. The summed E-state index contributed by atoms with van der Waals surface area (Å²) in [5.74, 6) is -2.41. The number of hydrogen-bond donors (Lipinski definition) is 3. The van der Waals surface area contributed by atoms with Gasteiger partial charge in [-0.25, -0.2) is 13.2 Å². The van der Waals surface area contributed by atoms with E-state index in [1.165, 1.54) is 19.1 Å². The van der Waals surface area contributed by atoms with Gasteiger partial charge in [-0.05, 0) is 93.2 Å². The van der Waals surface area contributed by atoms with Crippen molar-refractivity contribution >= 4 is 44.6 Å². The van der Waals surface area contributed by atoms with E-state index in [0.29, 0.717) is 61.5 Å². The highest BCUT2D eigenvalue weighted by Crippen LogP contribution is 2.43. The largest absolute Gasteiger partial charge is 0.497 e. The number of pyridine rings is 1. The number of fused-ring (bicyclic) bond motifs is 1. The number of allylic oxidation sites excluding steroid dienone is 2. The van der Waals surface area contributed by atoms with Crippen molar-refractivity contribution in [2.24, 2.45) is 29.4 Å². The summed E-state index contributed by atoms with van der Waals surface area (Å²) in [4.78, 5) is 59.6. The number of carbonyl (C=O) groups excluding carboxylic acids is 4. The quantitative estimate of drug-likeness (QED) is 0.153. The number of aromatic nitrogens is 1. The Morgan fingerprint density at radius 1 is 1.11 bits per heavy atom. The van der Waals surface area contributed by atoms with Crippen LogP contribution in [0.5, 0.6) is 17.5 Å². The van der Waals surface area contributed by atoms with E-state index in [2.05, 4.69) is 15.0 Å². The number of hydrogen-bond acceptors (Lipinski definition) is 12. The first kappa shape index (κ1) is 47.6. The van der Waals surface area contributed by atoms with Crippen LogP contribution in [0, 0.1) is 23.7 Å². The summed E-state index contributed by atoms with van der Waals surface area (Å²) < 4.78 is 95.6. The number of nitrogens with zero attached hydrogens (tertiary/aromatic N) is 2. The molecule has 0 radical (unpaired) electrons. The van der Waals surface area contributed by atoms with E-state index < -0.39 is 93.6 Å². The second kappa shape index (κ2) is 19.1. The third-order valence-corrected chi connectivity index (χ3v) is 15.2. The van der Waals surface area contributed by atoms with Crippen molar-refractivity contribution in [2.45, 2.75) is 120 Å². The van der Waals surface area contributed by atoms with Crippen molar-refractivity contribution in [3.63, 3.8) is 0 Å². The Morgan fingerprint density at radius 3 is 2.44 bits per heavy atom. The van der Waals surface area contributed by atoms with Crippen LogP contribution < -0.4 is 30.0 Å². The van der Waals surface area contributed by atoms with Gasteiger partial charge in [-0.2, -0.15) is 18.2 Å². The lowest BCUT2D eigenvalue weighted by atomic mass is 9.84. The smallest absolute Gasteiger partial charge is 0.433 e. The molecular weight excluding hydrogens is 852 g/mol. The van der Waals surface area contributed by atoms with Crippen LogP contribution in [-0.4, -0.2) is 111 Å². The molecule has 2 saturated heterocycles. The Morgan fingerprint density at radius 2 is 1.84 bits per heavy atom. The molecule has 0 bridgehead atoms. The number of carbonyl (C=O) groups is 4. The van der Waals surface area contributed by atoms with E-state index in [1.54, 1.807) is 38.1 Å². The van der Waals surface area contributed by atoms with Gasteiger partial charge in [0.1, 0.15) is 23.9 Å². The predicted molar refractivity (Wildman–Crippen MR) is 223 cm³/mol. The Bertz CT molecular complexity index is 2160. The summed E-state index contributed by atoms with van der Waals surface area (Å²) in [5.41, 5.74) is 2.96. The number of primary amides is 1. The van der Waals surface area contributed by atoms with Crippen LogP contribution in [0.4, 0.5) is 18.0 Å². The maximum Gasteiger partial charge on any atom is 0.433 e. The highest BCUT2D eigenvalue weighted by molar-refractivity contribution is 7.91. The SMILES string of the molecule is CC[C@H](C[C@@H](C)CC/C=C\[C@@H]1CCCC1C(=O)NS(=O)(=O)C1(C)CC1)[C@H](NC(=O)OC1(C(F)(F)F)COC1)C(=O)N1C[C@H](Oc2nc(OC)cc3cc(OC)ccc23)C[C@H]1C(N)=O. The molecule has 2 aromatic rings. The fourth-order valence-electron chi connectivity index (χ4n) is 8.66. The lowest BCUT2D eigenvalue weighted by Crippen LogP contribution is -2.65. The zero-order chi connectivity index (χ0) is 45.9. The summed E-state index contributed by atoms with van der Waals surface area (Å²) in [5, 5.41) is 3.71. The fraction of sp³-hybridized carbons (Fsp3) is 0.651. The number of ether oxygens (including phenoxy) is 5. The number of alkyl carbamates (subject to hydrolysis) is 1. The molecule has 348 valence electrons. The predicted octanol–water partition coefficient (Wildman–Crippen LogP) is 5.32. The summed E-state index contributed by atoms with van der Waals surface area (Å²) >= 11 is 0. The van der Waals surface area contributed by atoms with Gasteiger partial charge in [-0.1, -0.05) is 38.8 Å². The van der Waals surface area contributed by atoms with Crippen LogP contribution >= 0.6 is 0 Å². The molecule has 2 saturated carbocycles. The molecule has 7 atom stereocenters. The van der Waals surface area contributed by atoms with Gasteiger partial charge in [0.15, 0.2) is 0 Å². The van der Waals surface area contributed by atoms with Gasteiger partial charge in [0.25, 0.3) is 5.60 Å². The second-order valence-corrected chi connectivity index (χ2v) is 19.8. The Hall–Kier alpha value is -4.85. The normalized spacial score (nSPS) is 24.2. The first-order valence-electron chi connectivity index (χ1n) is 21.4. The fourth-order valence-corrected chi connectivity index (χ4v) is 9.97. The minimum atomic E-state index is -4.94. The topological polar surface area (TPSA) is 215 Å². The molecule has 1 aromatic heterocycles. The number of likely N-dealkylation sites (tertiary alicyclic amines) is 1. The molecule has 2 aliphatic heterocycles. The van der Waals surface area contributed by atoms with Gasteiger partial charge < -0.3 is 39.6 Å². The highest BCUT2D eigenvalue weighted by atomic mass is 32.2. The van der Waals surface area contributed by atoms with Gasteiger partial charge in [-0.15, -0.1) is 0 Å². The summed E-state index contributed by atoms with van der Waals surface area (Å²) in [7, 11) is -0.790. The molecule has 6 rings (SSSR count).